The van der Waals surface area contributed by atoms with E-state index in [2.05, 4.69) is 9.72 Å². The van der Waals surface area contributed by atoms with Gasteiger partial charge in [-0.25, -0.2) is 4.98 Å². The maximum Gasteiger partial charge on any atom is 0.387 e. The van der Waals surface area contributed by atoms with Gasteiger partial charge in [-0.1, -0.05) is 12.1 Å². The van der Waals surface area contributed by atoms with Crippen LogP contribution in [0.25, 0.3) is 5.69 Å². The molecule has 0 fully saturated rings. The number of imidazole rings is 1. The van der Waals surface area contributed by atoms with E-state index in [-0.39, 0.29) is 11.8 Å². The van der Waals surface area contributed by atoms with Gasteiger partial charge in [0.1, 0.15) is 5.75 Å². The topological polar surface area (TPSA) is 53.1 Å². The molecular weight excluding hydrogens is 240 g/mol. The van der Waals surface area contributed by atoms with Crippen LogP contribution in [0.2, 0.25) is 0 Å². The van der Waals surface area contributed by atoms with Crippen molar-refractivity contribution in [3.8, 4) is 11.4 Å². The molecule has 2 rings (SSSR count). The van der Waals surface area contributed by atoms with Crippen molar-refractivity contribution in [1.29, 1.82) is 0 Å². The van der Waals surface area contributed by atoms with Crippen LogP contribution in [-0.4, -0.2) is 16.2 Å². The second-order valence-corrected chi connectivity index (χ2v) is 3.82. The van der Waals surface area contributed by atoms with Gasteiger partial charge in [0.05, 0.1) is 23.9 Å². The number of nitrogens with zero attached hydrogens (tertiary/aromatic N) is 2. The van der Waals surface area contributed by atoms with Crippen LogP contribution < -0.4 is 10.5 Å². The molecule has 0 aliphatic heterocycles. The minimum atomic E-state index is -2.87. The Bertz CT molecular complexity index is 526. The summed E-state index contributed by atoms with van der Waals surface area (Å²) in [6.07, 6.45) is 3.12. The number of ether oxygens (including phenoxy) is 1. The second-order valence-electron chi connectivity index (χ2n) is 3.82. The second kappa shape index (κ2) is 5.14. The molecule has 0 spiro atoms. The summed E-state index contributed by atoms with van der Waals surface area (Å²) in [5, 5.41) is 0. The Morgan fingerprint density at radius 1 is 1.33 bits per heavy atom. The average Bonchev–Trinajstić information content (AvgIpc) is 2.77. The monoisotopic (exact) mass is 253 g/mol. The molecule has 1 aromatic carbocycles. The molecule has 1 aromatic heterocycles. The predicted octanol–water partition coefficient (Wildman–Crippen LogP) is 2.49. The van der Waals surface area contributed by atoms with Gasteiger partial charge in [-0.05, 0) is 19.1 Å². The van der Waals surface area contributed by atoms with Gasteiger partial charge in [0.2, 0.25) is 0 Å². The third-order valence-electron chi connectivity index (χ3n) is 2.47. The summed E-state index contributed by atoms with van der Waals surface area (Å²) in [6, 6.07) is 6.26. The molecule has 4 nitrogen and oxygen atoms in total. The summed E-state index contributed by atoms with van der Waals surface area (Å²) in [5.41, 5.74) is 7.01. The Kier molecular flexibility index (Phi) is 3.57. The van der Waals surface area contributed by atoms with Gasteiger partial charge in [-0.15, -0.1) is 0 Å². The molecule has 0 bridgehead atoms. The van der Waals surface area contributed by atoms with E-state index in [1.807, 2.05) is 0 Å². The fourth-order valence-corrected chi connectivity index (χ4v) is 1.70. The fraction of sp³-hybridized carbons (Fsp3) is 0.250. The lowest BCUT2D eigenvalue weighted by molar-refractivity contribution is -0.0498. The Labute approximate surface area is 103 Å². The predicted molar refractivity (Wildman–Crippen MR) is 62.8 cm³/mol. The molecular formula is C12H13F2N3O. The Morgan fingerprint density at radius 3 is 2.72 bits per heavy atom. The van der Waals surface area contributed by atoms with E-state index in [0.29, 0.717) is 5.69 Å². The molecule has 96 valence electrons. The minimum Gasteiger partial charge on any atom is -0.433 e. The molecule has 1 heterocycles. The highest BCUT2D eigenvalue weighted by Crippen LogP contribution is 2.26. The fourth-order valence-electron chi connectivity index (χ4n) is 1.70. The van der Waals surface area contributed by atoms with Crippen LogP contribution in [0.4, 0.5) is 8.78 Å². The molecule has 0 saturated heterocycles. The van der Waals surface area contributed by atoms with Crippen LogP contribution >= 0.6 is 0 Å². The first kappa shape index (κ1) is 12.5. The van der Waals surface area contributed by atoms with Crippen molar-refractivity contribution >= 4 is 0 Å². The number of halogens is 2. The molecule has 18 heavy (non-hydrogen) atoms. The standard InChI is InChI=1S/C12H13F2N3O/c1-8(15)10-6-16-7-17(10)9-4-2-3-5-11(9)18-12(13)14/h2-8,12H,15H2,1H3/t8-/m0/s1. The zero-order valence-corrected chi connectivity index (χ0v) is 9.75. The normalized spacial score (nSPS) is 12.7. The number of benzene rings is 1. The number of para-hydroxylation sites is 2. The van der Waals surface area contributed by atoms with Gasteiger partial charge < -0.3 is 10.5 Å². The quantitative estimate of drug-likeness (QED) is 0.910. The number of alkyl halides is 2. The van der Waals surface area contributed by atoms with Crippen molar-refractivity contribution in [2.45, 2.75) is 19.6 Å². The molecule has 6 heteroatoms. The van der Waals surface area contributed by atoms with Gasteiger partial charge in [0, 0.05) is 6.04 Å². The van der Waals surface area contributed by atoms with Gasteiger partial charge in [0.15, 0.2) is 0 Å². The average molecular weight is 253 g/mol. The first-order valence-corrected chi connectivity index (χ1v) is 5.41. The molecule has 0 amide bonds. The van der Waals surface area contributed by atoms with Gasteiger partial charge in [-0.3, -0.25) is 4.57 Å². The lowest BCUT2D eigenvalue weighted by Crippen LogP contribution is -2.12. The van der Waals surface area contributed by atoms with E-state index in [4.69, 9.17) is 5.73 Å². The summed E-state index contributed by atoms with van der Waals surface area (Å²) in [4.78, 5) is 3.98. The summed E-state index contributed by atoms with van der Waals surface area (Å²) in [7, 11) is 0. The van der Waals surface area contributed by atoms with Crippen molar-refractivity contribution < 1.29 is 13.5 Å². The highest BCUT2D eigenvalue weighted by atomic mass is 19.3. The maximum absolute atomic E-state index is 12.3. The van der Waals surface area contributed by atoms with Crippen LogP contribution in [0, 0.1) is 0 Å². The van der Waals surface area contributed by atoms with Gasteiger partial charge >= 0.3 is 6.61 Å². The molecule has 2 aromatic rings. The van der Waals surface area contributed by atoms with Crippen LogP contribution in [0.3, 0.4) is 0 Å². The molecule has 2 N–H and O–H groups in total. The summed E-state index contributed by atoms with van der Waals surface area (Å²) < 4.78 is 30.8. The summed E-state index contributed by atoms with van der Waals surface area (Å²) in [5.74, 6) is 0.0902. The summed E-state index contributed by atoms with van der Waals surface area (Å²) >= 11 is 0. The van der Waals surface area contributed by atoms with Crippen LogP contribution in [-0.2, 0) is 0 Å². The lowest BCUT2D eigenvalue weighted by Gasteiger charge is -2.14. The molecule has 0 saturated carbocycles. The zero-order valence-electron chi connectivity index (χ0n) is 9.75. The molecule has 0 aliphatic rings. The van der Waals surface area contributed by atoms with E-state index in [9.17, 15) is 8.78 Å². The Hall–Kier alpha value is -1.95. The van der Waals surface area contributed by atoms with E-state index < -0.39 is 6.61 Å². The largest absolute Gasteiger partial charge is 0.433 e. The van der Waals surface area contributed by atoms with E-state index in [1.165, 1.54) is 12.4 Å². The Morgan fingerprint density at radius 2 is 2.06 bits per heavy atom. The summed E-state index contributed by atoms with van der Waals surface area (Å²) in [6.45, 7) is -1.07. The highest BCUT2D eigenvalue weighted by Gasteiger charge is 2.14. The van der Waals surface area contributed by atoms with Gasteiger partial charge in [0.25, 0.3) is 0 Å². The van der Waals surface area contributed by atoms with E-state index in [1.54, 1.807) is 35.9 Å². The smallest absolute Gasteiger partial charge is 0.387 e. The number of rotatable bonds is 4. The SMILES string of the molecule is C[C@H](N)c1cncn1-c1ccccc1OC(F)F. The number of nitrogens with two attached hydrogens (primary N) is 1. The minimum absolute atomic E-state index is 0.0902. The zero-order chi connectivity index (χ0) is 13.1. The Balaban J connectivity index is 2.46. The van der Waals surface area contributed by atoms with Crippen molar-refractivity contribution in [2.24, 2.45) is 5.73 Å². The number of aromatic nitrogens is 2. The first-order valence-electron chi connectivity index (χ1n) is 5.41. The van der Waals surface area contributed by atoms with Crippen molar-refractivity contribution in [2.75, 3.05) is 0 Å². The van der Waals surface area contributed by atoms with E-state index in [0.717, 1.165) is 5.69 Å². The molecule has 0 radical (unpaired) electrons. The van der Waals surface area contributed by atoms with Crippen LogP contribution in [0.5, 0.6) is 5.75 Å². The first-order chi connectivity index (χ1) is 8.59. The maximum atomic E-state index is 12.3. The number of hydrogen-bond donors (Lipinski definition) is 1. The van der Waals surface area contributed by atoms with Gasteiger partial charge in [-0.2, -0.15) is 8.78 Å². The molecule has 0 aliphatic carbocycles. The molecule has 0 unspecified atom stereocenters. The van der Waals surface area contributed by atoms with Crippen LogP contribution in [0.1, 0.15) is 18.7 Å². The highest BCUT2D eigenvalue weighted by molar-refractivity contribution is 5.47. The van der Waals surface area contributed by atoms with E-state index >= 15 is 0 Å². The van der Waals surface area contributed by atoms with Crippen molar-refractivity contribution in [3.63, 3.8) is 0 Å². The van der Waals surface area contributed by atoms with Crippen molar-refractivity contribution in [3.05, 3.63) is 42.5 Å². The lowest BCUT2D eigenvalue weighted by atomic mass is 10.2. The third-order valence-corrected chi connectivity index (χ3v) is 2.47. The third kappa shape index (κ3) is 2.48. The number of hydrogen-bond acceptors (Lipinski definition) is 3. The van der Waals surface area contributed by atoms with Crippen LogP contribution in [0.15, 0.2) is 36.8 Å². The molecule has 1 atom stereocenters. The van der Waals surface area contributed by atoms with Crippen molar-refractivity contribution in [1.82, 2.24) is 9.55 Å².